The van der Waals surface area contributed by atoms with Crippen LogP contribution in [-0.4, -0.2) is 35.8 Å². The number of rotatable bonds is 4. The van der Waals surface area contributed by atoms with Crippen molar-refractivity contribution in [3.63, 3.8) is 0 Å². The molecule has 7 nitrogen and oxygen atoms in total. The average molecular weight is 321 g/mol. The number of hydrogen-bond donors (Lipinski definition) is 0. The number of hydrogen-bond acceptors (Lipinski definition) is 6. The molecule has 1 aliphatic heterocycles. The van der Waals surface area contributed by atoms with Crippen LogP contribution in [0, 0.1) is 10.1 Å². The standard InChI is InChI=1S/C15H20BNO6/c1-6-21-13(18)10-7-8-12(17(19)20)11(9-10)16-22-14(2,3)15(4,5)23-16/h7-9H,6H2,1-5H3. The first-order valence-electron chi connectivity index (χ1n) is 7.40. The lowest BCUT2D eigenvalue weighted by Crippen LogP contribution is -2.41. The van der Waals surface area contributed by atoms with Gasteiger partial charge in [0.1, 0.15) is 0 Å². The van der Waals surface area contributed by atoms with Gasteiger partial charge in [0.2, 0.25) is 0 Å². The summed E-state index contributed by atoms with van der Waals surface area (Å²) in [6.07, 6.45) is 0. The Morgan fingerprint density at radius 2 is 1.83 bits per heavy atom. The Labute approximate surface area is 135 Å². The minimum atomic E-state index is -0.922. The van der Waals surface area contributed by atoms with Crippen LogP contribution < -0.4 is 5.46 Å². The van der Waals surface area contributed by atoms with Crippen molar-refractivity contribution in [2.45, 2.75) is 45.8 Å². The van der Waals surface area contributed by atoms with Gasteiger partial charge in [-0.3, -0.25) is 10.1 Å². The van der Waals surface area contributed by atoms with Gasteiger partial charge >= 0.3 is 13.1 Å². The number of carbonyl (C=O) groups excluding carboxylic acids is 1. The third-order valence-electron chi connectivity index (χ3n) is 4.24. The van der Waals surface area contributed by atoms with E-state index in [0.29, 0.717) is 0 Å². The molecule has 0 radical (unpaired) electrons. The number of benzene rings is 1. The molecule has 1 heterocycles. The third kappa shape index (κ3) is 3.23. The molecule has 0 amide bonds. The highest BCUT2D eigenvalue weighted by molar-refractivity contribution is 6.63. The van der Waals surface area contributed by atoms with Gasteiger partial charge in [-0.2, -0.15) is 0 Å². The van der Waals surface area contributed by atoms with E-state index in [0.717, 1.165) is 0 Å². The first kappa shape index (κ1) is 17.4. The van der Waals surface area contributed by atoms with Crippen LogP contribution in [0.25, 0.3) is 0 Å². The second kappa shape index (κ2) is 5.94. The molecule has 2 rings (SSSR count). The molecule has 1 aliphatic rings. The molecule has 0 saturated carbocycles. The maximum absolute atomic E-state index is 11.9. The van der Waals surface area contributed by atoms with E-state index in [1.807, 2.05) is 27.7 Å². The zero-order valence-corrected chi connectivity index (χ0v) is 13.9. The van der Waals surface area contributed by atoms with Crippen LogP contribution in [0.5, 0.6) is 0 Å². The van der Waals surface area contributed by atoms with E-state index >= 15 is 0 Å². The van der Waals surface area contributed by atoms with Crippen LogP contribution in [0.3, 0.4) is 0 Å². The summed E-state index contributed by atoms with van der Waals surface area (Å²) in [5.41, 5.74) is -0.991. The van der Waals surface area contributed by atoms with Crippen LogP contribution in [0.2, 0.25) is 0 Å². The van der Waals surface area contributed by atoms with E-state index < -0.39 is 29.2 Å². The van der Waals surface area contributed by atoms with E-state index in [4.69, 9.17) is 14.0 Å². The fourth-order valence-corrected chi connectivity index (χ4v) is 2.22. The van der Waals surface area contributed by atoms with Crippen molar-refractivity contribution in [1.29, 1.82) is 0 Å². The number of nitro groups is 1. The van der Waals surface area contributed by atoms with Crippen molar-refractivity contribution >= 4 is 24.2 Å². The minimum Gasteiger partial charge on any atom is -0.462 e. The molecule has 0 bridgehead atoms. The molecule has 1 aromatic carbocycles. The Bertz CT molecular complexity index is 627. The van der Waals surface area contributed by atoms with Crippen LogP contribution >= 0.6 is 0 Å². The molecule has 0 unspecified atom stereocenters. The summed E-state index contributed by atoms with van der Waals surface area (Å²) >= 11 is 0. The molecule has 1 saturated heterocycles. The second-order valence-electron chi connectivity index (χ2n) is 6.34. The molecule has 8 heteroatoms. The normalized spacial score (nSPS) is 18.7. The Morgan fingerprint density at radius 1 is 1.26 bits per heavy atom. The number of ether oxygens (including phenoxy) is 1. The van der Waals surface area contributed by atoms with Crippen LogP contribution in [0.4, 0.5) is 5.69 Å². The van der Waals surface area contributed by atoms with Gasteiger partial charge in [0.05, 0.1) is 33.8 Å². The van der Waals surface area contributed by atoms with Crippen LogP contribution in [0.1, 0.15) is 45.0 Å². The predicted octanol–water partition coefficient (Wildman–Crippen LogP) is 2.07. The lowest BCUT2D eigenvalue weighted by atomic mass is 9.77. The van der Waals surface area contributed by atoms with Gasteiger partial charge in [0.15, 0.2) is 0 Å². The van der Waals surface area contributed by atoms with E-state index in [1.54, 1.807) is 6.92 Å². The topological polar surface area (TPSA) is 87.9 Å². The van der Waals surface area contributed by atoms with Crippen molar-refractivity contribution in [3.05, 3.63) is 33.9 Å². The Balaban J connectivity index is 2.45. The summed E-state index contributed by atoms with van der Waals surface area (Å²) in [6, 6.07) is 4.04. The predicted molar refractivity (Wildman–Crippen MR) is 84.8 cm³/mol. The summed E-state index contributed by atoms with van der Waals surface area (Å²) in [5, 5.41) is 11.3. The molecule has 1 fully saturated rings. The fraction of sp³-hybridized carbons (Fsp3) is 0.533. The highest BCUT2D eigenvalue weighted by Crippen LogP contribution is 2.37. The largest absolute Gasteiger partial charge is 0.501 e. The molecule has 0 aliphatic carbocycles. The smallest absolute Gasteiger partial charge is 0.462 e. The summed E-state index contributed by atoms with van der Waals surface area (Å²) in [6.45, 7) is 9.34. The maximum atomic E-state index is 11.9. The molecule has 0 N–H and O–H groups in total. The fourth-order valence-electron chi connectivity index (χ4n) is 2.22. The van der Waals surface area contributed by atoms with E-state index in [1.165, 1.54) is 18.2 Å². The van der Waals surface area contributed by atoms with Gasteiger partial charge in [-0.05, 0) is 46.8 Å². The SMILES string of the molecule is CCOC(=O)c1ccc([N+](=O)[O-])c(B2OC(C)(C)C(C)(C)O2)c1. The van der Waals surface area contributed by atoms with Crippen molar-refractivity contribution in [3.8, 4) is 0 Å². The first-order valence-corrected chi connectivity index (χ1v) is 7.40. The number of nitrogens with zero attached hydrogens (tertiary/aromatic N) is 1. The van der Waals surface area contributed by atoms with Gasteiger partial charge in [0, 0.05) is 6.07 Å². The molecule has 0 aromatic heterocycles. The van der Waals surface area contributed by atoms with Crippen molar-refractivity contribution in [1.82, 2.24) is 0 Å². The quantitative estimate of drug-likeness (QED) is 0.365. The van der Waals surface area contributed by atoms with Gasteiger partial charge in [-0.15, -0.1) is 0 Å². The van der Waals surface area contributed by atoms with Gasteiger partial charge < -0.3 is 14.0 Å². The second-order valence-corrected chi connectivity index (χ2v) is 6.34. The van der Waals surface area contributed by atoms with Crippen LogP contribution in [0.15, 0.2) is 18.2 Å². The van der Waals surface area contributed by atoms with Crippen molar-refractivity contribution in [2.75, 3.05) is 6.61 Å². The first-order chi connectivity index (χ1) is 10.6. The number of esters is 1. The minimum absolute atomic E-state index is 0.156. The molecule has 124 valence electrons. The van der Waals surface area contributed by atoms with E-state index in [-0.39, 0.29) is 23.3 Å². The molecule has 0 spiro atoms. The maximum Gasteiger partial charge on any atom is 0.501 e. The Hall–Kier alpha value is -1.93. The Morgan fingerprint density at radius 3 is 2.30 bits per heavy atom. The molecule has 23 heavy (non-hydrogen) atoms. The van der Waals surface area contributed by atoms with Gasteiger partial charge in [-0.1, -0.05) is 0 Å². The number of carbonyl (C=O) groups is 1. The highest BCUT2D eigenvalue weighted by atomic mass is 16.7. The average Bonchev–Trinajstić information content (AvgIpc) is 2.67. The molecular formula is C15H20BNO6. The van der Waals surface area contributed by atoms with Crippen molar-refractivity contribution in [2.24, 2.45) is 0 Å². The third-order valence-corrected chi connectivity index (χ3v) is 4.24. The lowest BCUT2D eigenvalue weighted by Gasteiger charge is -2.32. The highest BCUT2D eigenvalue weighted by Gasteiger charge is 2.53. The zero-order chi connectivity index (χ0) is 17.4. The van der Waals surface area contributed by atoms with Crippen molar-refractivity contribution < 1.29 is 23.8 Å². The van der Waals surface area contributed by atoms with E-state index in [2.05, 4.69) is 0 Å². The number of nitro benzene ring substituents is 1. The zero-order valence-electron chi connectivity index (χ0n) is 13.9. The summed E-state index contributed by atoms with van der Waals surface area (Å²) in [5.74, 6) is -0.542. The Kier molecular flexibility index (Phi) is 4.50. The summed E-state index contributed by atoms with van der Waals surface area (Å²) in [4.78, 5) is 22.6. The monoisotopic (exact) mass is 321 g/mol. The van der Waals surface area contributed by atoms with E-state index in [9.17, 15) is 14.9 Å². The molecule has 0 atom stereocenters. The lowest BCUT2D eigenvalue weighted by molar-refractivity contribution is -0.383. The van der Waals surface area contributed by atoms with Crippen LogP contribution in [-0.2, 0) is 14.0 Å². The van der Waals surface area contributed by atoms with Gasteiger partial charge in [-0.25, -0.2) is 4.79 Å². The molecule has 1 aromatic rings. The summed E-state index contributed by atoms with van der Waals surface area (Å²) < 4.78 is 16.7. The molecular weight excluding hydrogens is 301 g/mol. The van der Waals surface area contributed by atoms with Gasteiger partial charge in [0.25, 0.3) is 5.69 Å². The summed E-state index contributed by atoms with van der Waals surface area (Å²) in [7, 11) is -0.922.